The lowest BCUT2D eigenvalue weighted by atomic mass is 10.0. The highest BCUT2D eigenvalue weighted by Gasteiger charge is 2.14. The van der Waals surface area contributed by atoms with Crippen LogP contribution in [0.15, 0.2) is 48.7 Å². The second-order valence-electron chi connectivity index (χ2n) is 7.63. The van der Waals surface area contributed by atoms with Gasteiger partial charge in [0, 0.05) is 30.7 Å². The van der Waals surface area contributed by atoms with Crippen LogP contribution >= 0.6 is 0 Å². The molecule has 3 N–H and O–H groups in total. The maximum atomic E-state index is 12.1. The third kappa shape index (κ3) is 5.18. The van der Waals surface area contributed by atoms with E-state index in [1.807, 2.05) is 43.5 Å². The number of nitrogens with one attached hydrogen (secondary N) is 1. The van der Waals surface area contributed by atoms with E-state index in [4.69, 9.17) is 10.5 Å². The van der Waals surface area contributed by atoms with Crippen LogP contribution in [0.1, 0.15) is 41.8 Å². The Balaban J connectivity index is 1.62. The Morgan fingerprint density at radius 3 is 2.76 bits per heavy atom. The molecule has 5 heteroatoms. The second-order valence-corrected chi connectivity index (χ2v) is 7.63. The van der Waals surface area contributed by atoms with Crippen molar-refractivity contribution in [3.63, 3.8) is 0 Å². The molecule has 154 valence electrons. The molecule has 0 aliphatic heterocycles. The van der Waals surface area contributed by atoms with Crippen molar-refractivity contribution in [2.24, 2.45) is 5.73 Å². The quantitative estimate of drug-likeness (QED) is 0.511. The van der Waals surface area contributed by atoms with Crippen molar-refractivity contribution in [2.45, 2.75) is 46.2 Å². The van der Waals surface area contributed by atoms with Crippen LogP contribution in [0.2, 0.25) is 0 Å². The van der Waals surface area contributed by atoms with Gasteiger partial charge in [-0.1, -0.05) is 25.1 Å². The number of aryl methyl sites for hydroxylation is 2. The van der Waals surface area contributed by atoms with Crippen molar-refractivity contribution < 1.29 is 9.53 Å². The lowest BCUT2D eigenvalue weighted by Crippen LogP contribution is -2.32. The van der Waals surface area contributed by atoms with Gasteiger partial charge in [0.05, 0.1) is 11.1 Å². The number of rotatable bonds is 10. The minimum atomic E-state index is -0.375. The molecule has 1 heterocycles. The first kappa shape index (κ1) is 20.9. The molecule has 3 rings (SSSR count). The van der Waals surface area contributed by atoms with Gasteiger partial charge < -0.3 is 20.4 Å². The van der Waals surface area contributed by atoms with Gasteiger partial charge >= 0.3 is 0 Å². The van der Waals surface area contributed by atoms with Crippen molar-refractivity contribution in [3.8, 4) is 5.75 Å². The van der Waals surface area contributed by atoms with Crippen LogP contribution < -0.4 is 15.8 Å². The molecule has 1 atom stereocenters. The Morgan fingerprint density at radius 1 is 1.24 bits per heavy atom. The first-order valence-electron chi connectivity index (χ1n) is 10.3. The van der Waals surface area contributed by atoms with Gasteiger partial charge in [0.25, 0.3) is 5.91 Å². The number of carbonyl (C=O) groups is 1. The van der Waals surface area contributed by atoms with Crippen molar-refractivity contribution >= 4 is 16.8 Å². The Kier molecular flexibility index (Phi) is 6.94. The largest absolute Gasteiger partial charge is 0.492 e. The summed E-state index contributed by atoms with van der Waals surface area (Å²) in [5, 5.41) is 4.57. The third-order valence-electron chi connectivity index (χ3n) is 5.14. The summed E-state index contributed by atoms with van der Waals surface area (Å²) in [6.07, 6.45) is 3.86. The lowest BCUT2D eigenvalue weighted by molar-refractivity contribution is 0.100. The summed E-state index contributed by atoms with van der Waals surface area (Å²) in [5.41, 5.74) is 9.48. The molecule has 0 spiro atoms. The lowest BCUT2D eigenvalue weighted by Gasteiger charge is -2.16. The topological polar surface area (TPSA) is 69.3 Å². The number of fused-ring (bicyclic) bond motifs is 1. The molecule has 1 unspecified atom stereocenters. The van der Waals surface area contributed by atoms with Crippen LogP contribution in [-0.4, -0.2) is 29.7 Å². The predicted molar refractivity (Wildman–Crippen MR) is 119 cm³/mol. The number of ether oxygens (including phenoxy) is 1. The number of carbonyl (C=O) groups excluding carboxylic acids is 1. The van der Waals surface area contributed by atoms with Gasteiger partial charge in [-0.25, -0.2) is 0 Å². The van der Waals surface area contributed by atoms with E-state index in [2.05, 4.69) is 35.9 Å². The molecular formula is C24H31N3O2. The Hall–Kier alpha value is -2.79. The molecule has 0 saturated heterocycles. The predicted octanol–water partition coefficient (Wildman–Crippen LogP) is 4.06. The maximum absolute atomic E-state index is 12.1. The zero-order chi connectivity index (χ0) is 20.8. The minimum Gasteiger partial charge on any atom is -0.492 e. The Labute approximate surface area is 172 Å². The van der Waals surface area contributed by atoms with Gasteiger partial charge in [0.1, 0.15) is 12.4 Å². The van der Waals surface area contributed by atoms with E-state index in [0.29, 0.717) is 12.2 Å². The zero-order valence-corrected chi connectivity index (χ0v) is 17.6. The molecule has 3 aromatic rings. The molecule has 0 aliphatic carbocycles. The molecule has 0 saturated carbocycles. The number of primary amides is 1. The number of amides is 1. The molecule has 1 aromatic heterocycles. The van der Waals surface area contributed by atoms with Gasteiger partial charge in [-0.2, -0.15) is 0 Å². The first-order valence-corrected chi connectivity index (χ1v) is 10.3. The Bertz CT molecular complexity index is 977. The van der Waals surface area contributed by atoms with Crippen molar-refractivity contribution in [2.75, 3.05) is 13.2 Å². The van der Waals surface area contributed by atoms with Crippen molar-refractivity contribution in [1.29, 1.82) is 0 Å². The fraction of sp³-hybridized carbons (Fsp3) is 0.375. The fourth-order valence-electron chi connectivity index (χ4n) is 3.75. The van der Waals surface area contributed by atoms with E-state index in [1.165, 1.54) is 0 Å². The van der Waals surface area contributed by atoms with Gasteiger partial charge in [-0.15, -0.1) is 0 Å². The molecule has 0 bridgehead atoms. The summed E-state index contributed by atoms with van der Waals surface area (Å²) in [6.45, 7) is 8.56. The van der Waals surface area contributed by atoms with Crippen molar-refractivity contribution in [3.05, 3.63) is 65.4 Å². The first-order chi connectivity index (χ1) is 14.0. The van der Waals surface area contributed by atoms with Crippen LogP contribution in [0.25, 0.3) is 10.9 Å². The number of nitrogens with two attached hydrogens (primary N) is 1. The third-order valence-corrected chi connectivity index (χ3v) is 5.14. The highest BCUT2D eigenvalue weighted by Crippen LogP contribution is 2.24. The monoisotopic (exact) mass is 393 g/mol. The highest BCUT2D eigenvalue weighted by atomic mass is 16.5. The number of hydrogen-bond donors (Lipinski definition) is 2. The molecule has 2 aromatic carbocycles. The molecule has 5 nitrogen and oxygen atoms in total. The molecule has 29 heavy (non-hydrogen) atoms. The van der Waals surface area contributed by atoms with E-state index in [9.17, 15) is 4.79 Å². The number of hydrogen-bond acceptors (Lipinski definition) is 3. The molecule has 0 aliphatic rings. The summed E-state index contributed by atoms with van der Waals surface area (Å²) in [4.78, 5) is 12.1. The summed E-state index contributed by atoms with van der Waals surface area (Å²) in [7, 11) is 0. The number of para-hydroxylation sites is 1. The standard InChI is InChI=1S/C24H31N3O2/c1-4-11-27-12-9-20-15-19(16-21(23(20)27)24(25)28)14-18(3)26-10-13-29-22-8-6-5-7-17(22)2/h5-9,12,15-16,18,26H,4,10-11,13-14H2,1-3H3,(H2,25,28). The highest BCUT2D eigenvalue weighted by molar-refractivity contribution is 6.05. The van der Waals surface area contributed by atoms with Crippen LogP contribution in [-0.2, 0) is 13.0 Å². The van der Waals surface area contributed by atoms with Crippen LogP contribution in [0.4, 0.5) is 0 Å². The number of benzene rings is 2. The van der Waals surface area contributed by atoms with Gasteiger partial charge in [0.15, 0.2) is 0 Å². The molecular weight excluding hydrogens is 362 g/mol. The van der Waals surface area contributed by atoms with Crippen LogP contribution in [0.5, 0.6) is 5.75 Å². The van der Waals surface area contributed by atoms with Gasteiger partial charge in [-0.05, 0) is 62.1 Å². The summed E-state index contributed by atoms with van der Waals surface area (Å²) < 4.78 is 7.96. The fourth-order valence-corrected chi connectivity index (χ4v) is 3.75. The Morgan fingerprint density at radius 2 is 2.03 bits per heavy atom. The van der Waals surface area contributed by atoms with E-state index in [1.54, 1.807) is 0 Å². The maximum Gasteiger partial charge on any atom is 0.250 e. The zero-order valence-electron chi connectivity index (χ0n) is 17.6. The van der Waals surface area contributed by atoms with E-state index in [-0.39, 0.29) is 11.9 Å². The molecule has 0 fully saturated rings. The summed E-state index contributed by atoms with van der Waals surface area (Å²) >= 11 is 0. The number of aromatic nitrogens is 1. The van der Waals surface area contributed by atoms with E-state index >= 15 is 0 Å². The second kappa shape index (κ2) is 9.61. The smallest absolute Gasteiger partial charge is 0.250 e. The SMILES string of the molecule is CCCn1ccc2cc(CC(C)NCCOc3ccccc3C)cc(C(N)=O)c21. The molecule has 1 amide bonds. The molecule has 0 radical (unpaired) electrons. The van der Waals surface area contributed by atoms with Gasteiger partial charge in [0.2, 0.25) is 0 Å². The van der Waals surface area contributed by atoms with E-state index < -0.39 is 0 Å². The normalized spacial score (nSPS) is 12.2. The summed E-state index contributed by atoms with van der Waals surface area (Å²) in [6, 6.07) is 14.5. The average Bonchev–Trinajstić information content (AvgIpc) is 3.09. The van der Waals surface area contributed by atoms with Crippen LogP contribution in [0.3, 0.4) is 0 Å². The average molecular weight is 394 g/mol. The van der Waals surface area contributed by atoms with Crippen LogP contribution in [0, 0.1) is 6.92 Å². The number of nitrogens with zero attached hydrogens (tertiary/aromatic N) is 1. The van der Waals surface area contributed by atoms with Crippen molar-refractivity contribution in [1.82, 2.24) is 9.88 Å². The minimum absolute atomic E-state index is 0.256. The van der Waals surface area contributed by atoms with Gasteiger partial charge in [-0.3, -0.25) is 4.79 Å². The van der Waals surface area contributed by atoms with E-state index in [0.717, 1.165) is 53.7 Å². The summed E-state index contributed by atoms with van der Waals surface area (Å²) in [5.74, 6) is 0.551.